The zero-order valence-corrected chi connectivity index (χ0v) is 9.92. The molecule has 0 aromatic heterocycles. The van der Waals surface area contributed by atoms with E-state index in [9.17, 15) is 13.6 Å². The highest BCUT2D eigenvalue weighted by molar-refractivity contribution is 5.90. The van der Waals surface area contributed by atoms with E-state index >= 15 is 0 Å². The monoisotopic (exact) mass is 255 g/mol. The third kappa shape index (κ3) is 3.50. The summed E-state index contributed by atoms with van der Waals surface area (Å²) in [6.07, 6.45) is 2.04. The number of hydrogen-bond acceptors (Lipinski definition) is 2. The zero-order valence-electron chi connectivity index (χ0n) is 9.92. The molecule has 1 N–H and O–H groups in total. The summed E-state index contributed by atoms with van der Waals surface area (Å²) < 4.78 is 31.2. The quantitative estimate of drug-likeness (QED) is 0.901. The minimum absolute atomic E-state index is 0.0217. The molecule has 1 saturated heterocycles. The first-order chi connectivity index (χ1) is 8.65. The summed E-state index contributed by atoms with van der Waals surface area (Å²) in [6, 6.07) is 3.10. The van der Waals surface area contributed by atoms with Gasteiger partial charge in [0, 0.05) is 25.7 Å². The number of halogens is 2. The number of anilines is 1. The first-order valence-corrected chi connectivity index (χ1v) is 5.98. The minimum atomic E-state index is -0.754. The predicted octanol–water partition coefficient (Wildman–Crippen LogP) is 2.72. The molecule has 0 bridgehead atoms. The molecule has 1 heterocycles. The summed E-state index contributed by atoms with van der Waals surface area (Å²) >= 11 is 0. The van der Waals surface area contributed by atoms with Crippen molar-refractivity contribution in [1.29, 1.82) is 0 Å². The highest BCUT2D eigenvalue weighted by atomic mass is 19.1. The first kappa shape index (κ1) is 13.0. The third-order valence-electron chi connectivity index (χ3n) is 3.02. The maximum Gasteiger partial charge on any atom is 0.224 e. The highest BCUT2D eigenvalue weighted by Crippen LogP contribution is 2.20. The van der Waals surface area contributed by atoms with Crippen LogP contribution in [0.3, 0.4) is 0 Å². The third-order valence-corrected chi connectivity index (χ3v) is 3.02. The van der Waals surface area contributed by atoms with E-state index in [1.54, 1.807) is 0 Å². The van der Waals surface area contributed by atoms with Crippen molar-refractivity contribution in [2.24, 2.45) is 5.92 Å². The lowest BCUT2D eigenvalue weighted by atomic mass is 9.96. The fraction of sp³-hybridized carbons (Fsp3) is 0.462. The van der Waals surface area contributed by atoms with Crippen molar-refractivity contribution in [2.75, 3.05) is 18.5 Å². The van der Waals surface area contributed by atoms with E-state index in [1.807, 2.05) is 0 Å². The Bertz CT molecular complexity index is 431. The van der Waals surface area contributed by atoms with Crippen LogP contribution in [-0.4, -0.2) is 19.1 Å². The summed E-state index contributed by atoms with van der Waals surface area (Å²) in [5.41, 5.74) is 0.0217. The molecule has 1 aromatic carbocycles. The van der Waals surface area contributed by atoms with Gasteiger partial charge in [0.2, 0.25) is 5.91 Å². The van der Waals surface area contributed by atoms with E-state index in [1.165, 1.54) is 6.07 Å². The predicted molar refractivity (Wildman–Crippen MR) is 63.1 cm³/mol. The molecule has 5 heteroatoms. The molecule has 0 aliphatic carbocycles. The van der Waals surface area contributed by atoms with Crippen molar-refractivity contribution < 1.29 is 18.3 Å². The Kier molecular flexibility index (Phi) is 4.25. The molecule has 1 aromatic rings. The molecule has 0 radical (unpaired) electrons. The largest absolute Gasteiger partial charge is 0.381 e. The number of benzene rings is 1. The van der Waals surface area contributed by atoms with Crippen LogP contribution in [0.25, 0.3) is 0 Å². The Balaban J connectivity index is 1.90. The van der Waals surface area contributed by atoms with Gasteiger partial charge in [-0.25, -0.2) is 8.78 Å². The van der Waals surface area contributed by atoms with Crippen molar-refractivity contribution in [3.05, 3.63) is 29.8 Å². The molecule has 0 saturated carbocycles. The van der Waals surface area contributed by atoms with Gasteiger partial charge in [-0.2, -0.15) is 0 Å². The van der Waals surface area contributed by atoms with Crippen molar-refractivity contribution in [3.8, 4) is 0 Å². The number of amides is 1. The average Bonchev–Trinajstić information content (AvgIpc) is 2.34. The van der Waals surface area contributed by atoms with Crippen LogP contribution in [0.4, 0.5) is 14.5 Å². The Morgan fingerprint density at radius 1 is 1.33 bits per heavy atom. The molecule has 0 atom stereocenters. The van der Waals surface area contributed by atoms with Crippen molar-refractivity contribution in [3.63, 3.8) is 0 Å². The van der Waals surface area contributed by atoms with Crippen molar-refractivity contribution in [1.82, 2.24) is 0 Å². The van der Waals surface area contributed by atoms with Crippen LogP contribution in [0, 0.1) is 17.6 Å². The molecule has 1 amide bonds. The number of carbonyl (C=O) groups is 1. The molecule has 18 heavy (non-hydrogen) atoms. The van der Waals surface area contributed by atoms with Gasteiger partial charge in [-0.15, -0.1) is 0 Å². The second-order valence-corrected chi connectivity index (χ2v) is 4.43. The number of rotatable bonds is 3. The first-order valence-electron chi connectivity index (χ1n) is 5.98. The number of hydrogen-bond donors (Lipinski definition) is 1. The zero-order chi connectivity index (χ0) is 13.0. The van der Waals surface area contributed by atoms with Gasteiger partial charge < -0.3 is 10.1 Å². The standard InChI is InChI=1S/C13H15F2NO2/c14-10-1-2-12(11(15)8-10)16-13(17)7-9-3-5-18-6-4-9/h1-2,8-9H,3-7H2,(H,16,17). The molecule has 0 spiro atoms. The second kappa shape index (κ2) is 5.91. The molecule has 98 valence electrons. The molecular weight excluding hydrogens is 240 g/mol. The van der Waals surface area contributed by atoms with Gasteiger partial charge in [0.1, 0.15) is 11.6 Å². The van der Waals surface area contributed by atoms with Gasteiger partial charge >= 0.3 is 0 Å². The van der Waals surface area contributed by atoms with E-state index < -0.39 is 11.6 Å². The van der Waals surface area contributed by atoms with Gasteiger partial charge in [-0.1, -0.05) is 0 Å². The van der Waals surface area contributed by atoms with Crippen molar-refractivity contribution in [2.45, 2.75) is 19.3 Å². The molecule has 1 aliphatic heterocycles. The Morgan fingerprint density at radius 2 is 2.06 bits per heavy atom. The minimum Gasteiger partial charge on any atom is -0.381 e. The smallest absolute Gasteiger partial charge is 0.224 e. The number of nitrogens with one attached hydrogen (secondary N) is 1. The Labute approximate surface area is 104 Å². The lowest BCUT2D eigenvalue weighted by molar-refractivity contribution is -0.117. The van der Waals surface area contributed by atoms with Crippen LogP contribution in [-0.2, 0) is 9.53 Å². The second-order valence-electron chi connectivity index (χ2n) is 4.43. The van der Waals surface area contributed by atoms with Gasteiger partial charge in [-0.05, 0) is 30.9 Å². The SMILES string of the molecule is O=C(CC1CCOCC1)Nc1ccc(F)cc1F. The maximum atomic E-state index is 13.3. The fourth-order valence-electron chi connectivity index (χ4n) is 2.00. The summed E-state index contributed by atoms with van der Waals surface area (Å²) in [4.78, 5) is 11.7. The molecule has 1 aliphatic rings. The summed E-state index contributed by atoms with van der Waals surface area (Å²) in [5.74, 6) is -1.38. The normalized spacial score (nSPS) is 16.6. The molecule has 1 fully saturated rings. The lowest BCUT2D eigenvalue weighted by Gasteiger charge is -2.21. The van der Waals surface area contributed by atoms with Gasteiger partial charge in [0.25, 0.3) is 0 Å². The fourth-order valence-corrected chi connectivity index (χ4v) is 2.00. The van der Waals surface area contributed by atoms with E-state index in [0.29, 0.717) is 19.6 Å². The van der Waals surface area contributed by atoms with E-state index in [4.69, 9.17) is 4.74 Å². The average molecular weight is 255 g/mol. The Morgan fingerprint density at radius 3 is 2.72 bits per heavy atom. The number of carbonyl (C=O) groups excluding carboxylic acids is 1. The summed E-state index contributed by atoms with van der Waals surface area (Å²) in [7, 11) is 0. The van der Waals surface area contributed by atoms with Crippen LogP contribution in [0.2, 0.25) is 0 Å². The van der Waals surface area contributed by atoms with Crippen LogP contribution in [0.1, 0.15) is 19.3 Å². The van der Waals surface area contributed by atoms with Gasteiger partial charge in [0.15, 0.2) is 0 Å². The molecular formula is C13H15F2NO2. The summed E-state index contributed by atoms with van der Waals surface area (Å²) in [6.45, 7) is 1.34. The van der Waals surface area contributed by atoms with Crippen molar-refractivity contribution >= 4 is 11.6 Å². The molecule has 0 unspecified atom stereocenters. The van der Waals surface area contributed by atoms with Crippen LogP contribution in [0.5, 0.6) is 0 Å². The Hall–Kier alpha value is -1.49. The van der Waals surface area contributed by atoms with E-state index in [0.717, 1.165) is 25.0 Å². The van der Waals surface area contributed by atoms with Gasteiger partial charge in [-0.3, -0.25) is 4.79 Å². The van der Waals surface area contributed by atoms with Crippen LogP contribution in [0.15, 0.2) is 18.2 Å². The lowest BCUT2D eigenvalue weighted by Crippen LogP contribution is -2.22. The van der Waals surface area contributed by atoms with E-state index in [2.05, 4.69) is 5.32 Å². The molecule has 2 rings (SSSR count). The van der Waals surface area contributed by atoms with Gasteiger partial charge in [0.05, 0.1) is 5.69 Å². The van der Waals surface area contributed by atoms with Crippen LogP contribution < -0.4 is 5.32 Å². The maximum absolute atomic E-state index is 13.3. The topological polar surface area (TPSA) is 38.3 Å². The highest BCUT2D eigenvalue weighted by Gasteiger charge is 2.18. The van der Waals surface area contributed by atoms with Crippen LogP contribution >= 0.6 is 0 Å². The molecule has 3 nitrogen and oxygen atoms in total. The summed E-state index contributed by atoms with van der Waals surface area (Å²) in [5, 5.41) is 2.46. The van der Waals surface area contributed by atoms with E-state index in [-0.39, 0.29) is 17.5 Å². The number of ether oxygens (including phenoxy) is 1.